The van der Waals surface area contributed by atoms with Crippen molar-refractivity contribution in [2.45, 2.75) is 51.0 Å². The summed E-state index contributed by atoms with van der Waals surface area (Å²) in [5.41, 5.74) is -0.413. The SMILES string of the molecule is CC(C)(C)[Si](C)(C)OC(=O)c1ccccc1OC(=O)C(F)(F)C(F)(F)F. The van der Waals surface area contributed by atoms with Gasteiger partial charge in [-0.3, -0.25) is 0 Å². The lowest BCUT2D eigenvalue weighted by molar-refractivity contribution is -0.276. The second-order valence-electron chi connectivity index (χ2n) is 7.11. The van der Waals surface area contributed by atoms with E-state index in [2.05, 4.69) is 4.74 Å². The maximum Gasteiger partial charge on any atom is 0.465 e. The molecule has 0 aliphatic carbocycles. The highest BCUT2D eigenvalue weighted by Gasteiger charge is 2.65. The maximum atomic E-state index is 13.1. The number of rotatable bonds is 4. The predicted octanol–water partition coefficient (Wildman–Crippen LogP) is 4.95. The third-order valence-corrected chi connectivity index (χ3v) is 8.38. The fourth-order valence-electron chi connectivity index (χ4n) is 1.44. The minimum atomic E-state index is -6.11. The molecule has 1 aromatic rings. The molecule has 26 heavy (non-hydrogen) atoms. The summed E-state index contributed by atoms with van der Waals surface area (Å²) >= 11 is 0. The number of ether oxygens (including phenoxy) is 1. The van der Waals surface area contributed by atoms with E-state index in [9.17, 15) is 31.5 Å². The van der Waals surface area contributed by atoms with Crippen LogP contribution in [0.4, 0.5) is 22.0 Å². The molecule has 0 atom stereocenters. The first-order valence-corrected chi connectivity index (χ1v) is 10.4. The van der Waals surface area contributed by atoms with Crippen molar-refractivity contribution in [2.75, 3.05) is 0 Å². The number of halogens is 5. The van der Waals surface area contributed by atoms with Gasteiger partial charge in [-0.1, -0.05) is 32.9 Å². The van der Waals surface area contributed by atoms with Crippen molar-refractivity contribution in [2.24, 2.45) is 0 Å². The van der Waals surface area contributed by atoms with Gasteiger partial charge < -0.3 is 9.16 Å². The minimum Gasteiger partial charge on any atom is -0.516 e. The van der Waals surface area contributed by atoms with E-state index < -0.39 is 43.7 Å². The number of esters is 1. The van der Waals surface area contributed by atoms with Crippen molar-refractivity contribution in [1.82, 2.24) is 0 Å². The Hall–Kier alpha value is -1.97. The zero-order valence-electron chi connectivity index (χ0n) is 14.8. The molecule has 10 heteroatoms. The highest BCUT2D eigenvalue weighted by Crippen LogP contribution is 2.39. The van der Waals surface area contributed by atoms with E-state index >= 15 is 0 Å². The number of hydrogen-bond donors (Lipinski definition) is 0. The summed E-state index contributed by atoms with van der Waals surface area (Å²) in [7, 11) is -2.60. The standard InChI is InChI=1S/C16H19F5O4Si/c1-14(2,3)26(4,5)25-12(22)10-8-6-7-9-11(10)24-13(23)15(17,18)16(19,20)21/h6-9H,1-5H3. The summed E-state index contributed by atoms with van der Waals surface area (Å²) in [5, 5.41) is -0.363. The molecule has 0 heterocycles. The van der Waals surface area contributed by atoms with Gasteiger partial charge >= 0.3 is 24.0 Å². The Morgan fingerprint density at radius 1 is 0.962 bits per heavy atom. The lowest BCUT2D eigenvalue weighted by Crippen LogP contribution is -2.46. The van der Waals surface area contributed by atoms with Crippen molar-refractivity contribution in [3.63, 3.8) is 0 Å². The van der Waals surface area contributed by atoms with Gasteiger partial charge in [0.15, 0.2) is 0 Å². The Labute approximate surface area is 148 Å². The zero-order valence-corrected chi connectivity index (χ0v) is 15.8. The molecule has 1 aromatic carbocycles. The summed E-state index contributed by atoms with van der Waals surface area (Å²) < 4.78 is 72.5. The lowest BCUT2D eigenvalue weighted by atomic mass is 10.2. The van der Waals surface area contributed by atoms with Crippen LogP contribution in [0.25, 0.3) is 0 Å². The first kappa shape index (κ1) is 22.1. The maximum absolute atomic E-state index is 13.1. The molecule has 0 fully saturated rings. The normalized spacial score (nSPS) is 13.3. The highest BCUT2D eigenvalue weighted by atomic mass is 28.4. The van der Waals surface area contributed by atoms with Crippen LogP contribution < -0.4 is 4.74 Å². The molecule has 146 valence electrons. The van der Waals surface area contributed by atoms with Gasteiger partial charge in [-0.05, 0) is 30.3 Å². The third kappa shape index (κ3) is 4.60. The molecule has 0 bridgehead atoms. The number of carbonyl (C=O) groups is 2. The van der Waals surface area contributed by atoms with Crippen molar-refractivity contribution >= 4 is 20.3 Å². The molecule has 0 aromatic heterocycles. The molecular formula is C16H19F5O4Si. The molecule has 0 spiro atoms. The van der Waals surface area contributed by atoms with Gasteiger partial charge in [0.05, 0.1) is 0 Å². The number of carbonyl (C=O) groups excluding carboxylic acids is 2. The van der Waals surface area contributed by atoms with Crippen molar-refractivity contribution in [1.29, 1.82) is 0 Å². The van der Waals surface area contributed by atoms with E-state index in [1.54, 1.807) is 13.1 Å². The van der Waals surface area contributed by atoms with Gasteiger partial charge in [0.1, 0.15) is 11.3 Å². The molecule has 0 saturated heterocycles. The molecular weight excluding hydrogens is 379 g/mol. The molecule has 0 N–H and O–H groups in total. The van der Waals surface area contributed by atoms with E-state index in [1.165, 1.54) is 12.1 Å². The van der Waals surface area contributed by atoms with Gasteiger partial charge in [-0.15, -0.1) is 0 Å². The Morgan fingerprint density at radius 2 is 1.46 bits per heavy atom. The molecule has 0 amide bonds. The third-order valence-electron chi connectivity index (χ3n) is 4.08. The van der Waals surface area contributed by atoms with Gasteiger partial charge in [-0.25, -0.2) is 9.59 Å². The molecule has 0 radical (unpaired) electrons. The highest BCUT2D eigenvalue weighted by molar-refractivity contribution is 6.75. The number of hydrogen-bond acceptors (Lipinski definition) is 4. The zero-order chi connectivity index (χ0) is 20.6. The van der Waals surface area contributed by atoms with Gasteiger partial charge in [-0.2, -0.15) is 22.0 Å². The quantitative estimate of drug-likeness (QED) is 0.312. The van der Waals surface area contributed by atoms with Crippen LogP contribution in [0.5, 0.6) is 5.75 Å². The van der Waals surface area contributed by atoms with Crippen LogP contribution in [0.3, 0.4) is 0 Å². The van der Waals surface area contributed by atoms with Crippen LogP contribution in [0.2, 0.25) is 18.1 Å². The second-order valence-corrected chi connectivity index (χ2v) is 11.8. The smallest absolute Gasteiger partial charge is 0.465 e. The minimum absolute atomic E-state index is 0.363. The fourth-order valence-corrected chi connectivity index (χ4v) is 2.32. The average molecular weight is 398 g/mol. The van der Waals surface area contributed by atoms with Crippen LogP contribution in [-0.2, 0) is 9.22 Å². The molecule has 0 unspecified atom stereocenters. The average Bonchev–Trinajstić information content (AvgIpc) is 2.44. The summed E-state index contributed by atoms with van der Waals surface area (Å²) in [5.74, 6) is -10.2. The first-order chi connectivity index (χ1) is 11.5. The van der Waals surface area contributed by atoms with Crippen LogP contribution in [0.1, 0.15) is 31.1 Å². The molecule has 0 saturated carbocycles. The second kappa shape index (κ2) is 6.97. The molecule has 0 aliphatic rings. The van der Waals surface area contributed by atoms with Gasteiger partial charge in [0, 0.05) is 0 Å². The van der Waals surface area contributed by atoms with Crippen LogP contribution >= 0.6 is 0 Å². The molecule has 4 nitrogen and oxygen atoms in total. The largest absolute Gasteiger partial charge is 0.516 e. The van der Waals surface area contributed by atoms with Crippen molar-refractivity contribution < 1.29 is 40.7 Å². The van der Waals surface area contributed by atoms with Crippen molar-refractivity contribution in [3.05, 3.63) is 29.8 Å². The summed E-state index contributed by atoms with van der Waals surface area (Å²) in [6.07, 6.45) is -6.11. The summed E-state index contributed by atoms with van der Waals surface area (Å²) in [6, 6.07) is 4.61. The summed E-state index contributed by atoms with van der Waals surface area (Å²) in [4.78, 5) is 23.6. The van der Waals surface area contributed by atoms with E-state index in [4.69, 9.17) is 4.43 Å². The van der Waals surface area contributed by atoms with E-state index in [1.807, 2.05) is 20.8 Å². The monoisotopic (exact) mass is 398 g/mol. The van der Waals surface area contributed by atoms with Crippen molar-refractivity contribution in [3.8, 4) is 5.75 Å². The van der Waals surface area contributed by atoms with Crippen LogP contribution in [-0.4, -0.2) is 32.4 Å². The van der Waals surface area contributed by atoms with Gasteiger partial charge in [0.25, 0.3) is 8.32 Å². The van der Waals surface area contributed by atoms with E-state index in [-0.39, 0.29) is 5.04 Å². The molecule has 1 rings (SSSR count). The van der Waals surface area contributed by atoms with Crippen LogP contribution in [0.15, 0.2) is 24.3 Å². The van der Waals surface area contributed by atoms with E-state index in [0.717, 1.165) is 12.1 Å². The lowest BCUT2D eigenvalue weighted by Gasteiger charge is -2.35. The van der Waals surface area contributed by atoms with E-state index in [0.29, 0.717) is 0 Å². The molecule has 0 aliphatic heterocycles. The Kier molecular flexibility index (Phi) is 5.92. The number of alkyl halides is 5. The van der Waals surface area contributed by atoms with Gasteiger partial charge in [0.2, 0.25) is 0 Å². The Balaban J connectivity index is 3.13. The number of benzene rings is 1. The Morgan fingerprint density at radius 3 is 1.92 bits per heavy atom. The first-order valence-electron chi connectivity index (χ1n) is 7.50. The topological polar surface area (TPSA) is 52.6 Å². The number of para-hydroxylation sites is 1. The Bertz CT molecular complexity index is 693. The van der Waals surface area contributed by atoms with Crippen LogP contribution in [0, 0.1) is 0 Å². The summed E-state index contributed by atoms with van der Waals surface area (Å²) in [6.45, 7) is 9.04. The fraction of sp³-hybridized carbons (Fsp3) is 0.500. The predicted molar refractivity (Wildman–Crippen MR) is 85.7 cm³/mol.